The molecule has 0 aliphatic carbocycles. The van der Waals surface area contributed by atoms with E-state index in [9.17, 15) is 9.59 Å². The molecule has 25 heavy (non-hydrogen) atoms. The van der Waals surface area contributed by atoms with Gasteiger partial charge in [0, 0.05) is 43.3 Å². The predicted octanol–water partition coefficient (Wildman–Crippen LogP) is 1.86. The monoisotopic (exact) mass is 359 g/mol. The first-order valence-corrected chi connectivity index (χ1v) is 8.38. The van der Waals surface area contributed by atoms with Crippen LogP contribution in [0.3, 0.4) is 0 Å². The van der Waals surface area contributed by atoms with Gasteiger partial charge in [0.05, 0.1) is 0 Å². The number of carbonyl (C=O) groups is 2. The van der Waals surface area contributed by atoms with E-state index in [0.29, 0.717) is 23.7 Å². The first-order valence-electron chi connectivity index (χ1n) is 8.00. The normalized spacial score (nSPS) is 15.2. The van der Waals surface area contributed by atoms with Crippen molar-refractivity contribution in [1.82, 2.24) is 15.6 Å². The summed E-state index contributed by atoms with van der Waals surface area (Å²) in [6, 6.07) is 8.97. The third-order valence-corrected chi connectivity index (χ3v) is 4.11. The van der Waals surface area contributed by atoms with Crippen LogP contribution in [0.5, 0.6) is 5.75 Å². The zero-order valence-electron chi connectivity index (χ0n) is 13.5. The van der Waals surface area contributed by atoms with Crippen LogP contribution in [0.1, 0.15) is 17.5 Å². The van der Waals surface area contributed by atoms with E-state index in [-0.39, 0.29) is 24.8 Å². The number of amides is 2. The molecular weight excluding hydrogens is 342 g/mol. The molecule has 130 valence electrons. The molecule has 0 fully saturated rings. The van der Waals surface area contributed by atoms with E-state index in [4.69, 9.17) is 16.3 Å². The fraction of sp³-hybridized carbons (Fsp3) is 0.278. The molecule has 1 aromatic heterocycles. The molecule has 2 N–H and O–H groups in total. The van der Waals surface area contributed by atoms with Crippen LogP contribution < -0.4 is 15.4 Å². The highest BCUT2D eigenvalue weighted by molar-refractivity contribution is 6.30. The van der Waals surface area contributed by atoms with Gasteiger partial charge in [-0.3, -0.25) is 14.6 Å². The first kappa shape index (κ1) is 17.2. The summed E-state index contributed by atoms with van der Waals surface area (Å²) in [5.41, 5.74) is 1.89. The third kappa shape index (κ3) is 4.70. The van der Waals surface area contributed by atoms with Crippen LogP contribution in [0.25, 0.3) is 0 Å². The summed E-state index contributed by atoms with van der Waals surface area (Å²) < 4.78 is 5.61. The van der Waals surface area contributed by atoms with Gasteiger partial charge in [0.25, 0.3) is 5.91 Å². The molecule has 0 bridgehead atoms. The summed E-state index contributed by atoms with van der Waals surface area (Å²) in [6.07, 6.45) is 3.47. The van der Waals surface area contributed by atoms with E-state index < -0.39 is 6.10 Å². The van der Waals surface area contributed by atoms with E-state index in [1.54, 1.807) is 30.6 Å². The molecule has 0 saturated heterocycles. The zero-order chi connectivity index (χ0) is 17.6. The number of nitrogens with zero attached hydrogens (tertiary/aromatic N) is 1. The van der Waals surface area contributed by atoms with Crippen molar-refractivity contribution >= 4 is 23.4 Å². The second-order valence-corrected chi connectivity index (χ2v) is 6.17. The van der Waals surface area contributed by atoms with Gasteiger partial charge in [0.2, 0.25) is 5.91 Å². The average molecular weight is 360 g/mol. The van der Waals surface area contributed by atoms with Crippen LogP contribution in [0.15, 0.2) is 42.7 Å². The Hall–Kier alpha value is -2.60. The number of fused-ring (bicyclic) bond motifs is 1. The number of hydrogen-bond donors (Lipinski definition) is 2. The van der Waals surface area contributed by atoms with Gasteiger partial charge in [-0.1, -0.05) is 11.6 Å². The van der Waals surface area contributed by atoms with Gasteiger partial charge < -0.3 is 15.4 Å². The topological polar surface area (TPSA) is 80.3 Å². The number of halogens is 1. The highest BCUT2D eigenvalue weighted by Crippen LogP contribution is 2.31. The Labute approximate surface area is 150 Å². The molecule has 0 spiro atoms. The molecule has 3 rings (SSSR count). The maximum Gasteiger partial charge on any atom is 0.261 e. The molecular formula is C18H18ClN3O3. The molecule has 0 saturated carbocycles. The van der Waals surface area contributed by atoms with E-state index in [2.05, 4.69) is 15.6 Å². The van der Waals surface area contributed by atoms with Crippen molar-refractivity contribution in [1.29, 1.82) is 0 Å². The molecule has 1 atom stereocenters. The van der Waals surface area contributed by atoms with Gasteiger partial charge in [-0.25, -0.2) is 0 Å². The molecule has 1 unspecified atom stereocenters. The largest absolute Gasteiger partial charge is 0.480 e. The lowest BCUT2D eigenvalue weighted by atomic mass is 10.1. The van der Waals surface area contributed by atoms with Crippen molar-refractivity contribution < 1.29 is 14.3 Å². The quantitative estimate of drug-likeness (QED) is 0.825. The predicted molar refractivity (Wildman–Crippen MR) is 93.3 cm³/mol. The van der Waals surface area contributed by atoms with Gasteiger partial charge in [0.15, 0.2) is 6.10 Å². The minimum Gasteiger partial charge on any atom is -0.480 e. The van der Waals surface area contributed by atoms with Gasteiger partial charge in [-0.05, 0) is 41.5 Å². The Balaban J connectivity index is 1.38. The Morgan fingerprint density at radius 2 is 2.00 bits per heavy atom. The number of benzene rings is 1. The van der Waals surface area contributed by atoms with Gasteiger partial charge >= 0.3 is 0 Å². The summed E-state index contributed by atoms with van der Waals surface area (Å²) in [5, 5.41) is 6.15. The van der Waals surface area contributed by atoms with Crippen molar-refractivity contribution in [3.63, 3.8) is 0 Å². The van der Waals surface area contributed by atoms with Gasteiger partial charge in [0.1, 0.15) is 5.75 Å². The highest BCUT2D eigenvalue weighted by atomic mass is 35.5. The highest BCUT2D eigenvalue weighted by Gasteiger charge is 2.28. The fourth-order valence-electron chi connectivity index (χ4n) is 2.57. The molecule has 2 heterocycles. The first-order chi connectivity index (χ1) is 12.1. The van der Waals surface area contributed by atoms with Crippen molar-refractivity contribution in [2.75, 3.05) is 6.54 Å². The SMILES string of the molecule is O=C(CCNC(=O)C1Cc2cc(Cl)ccc2O1)NCc1ccncc1. The Morgan fingerprint density at radius 3 is 2.80 bits per heavy atom. The van der Waals surface area contributed by atoms with E-state index >= 15 is 0 Å². The maximum absolute atomic E-state index is 12.2. The van der Waals surface area contributed by atoms with Crippen molar-refractivity contribution in [2.24, 2.45) is 0 Å². The smallest absolute Gasteiger partial charge is 0.261 e. The Kier molecular flexibility index (Phi) is 5.50. The third-order valence-electron chi connectivity index (χ3n) is 3.88. The van der Waals surface area contributed by atoms with Crippen LogP contribution in [0, 0.1) is 0 Å². The number of aromatic nitrogens is 1. The molecule has 0 radical (unpaired) electrons. The summed E-state index contributed by atoms with van der Waals surface area (Å²) in [7, 11) is 0. The number of ether oxygens (including phenoxy) is 1. The minimum absolute atomic E-state index is 0.125. The second-order valence-electron chi connectivity index (χ2n) is 5.74. The van der Waals surface area contributed by atoms with E-state index in [1.165, 1.54) is 0 Å². The maximum atomic E-state index is 12.2. The lowest BCUT2D eigenvalue weighted by Crippen LogP contribution is -2.39. The molecule has 2 aromatic rings. The van der Waals surface area contributed by atoms with E-state index in [0.717, 1.165) is 11.1 Å². The number of nitrogens with one attached hydrogen (secondary N) is 2. The lowest BCUT2D eigenvalue weighted by molar-refractivity contribution is -0.127. The standard InChI is InChI=1S/C18H18ClN3O3/c19-14-1-2-15-13(9-14)10-16(25-15)18(24)21-8-5-17(23)22-11-12-3-6-20-7-4-12/h1-4,6-7,9,16H,5,8,10-11H2,(H,21,24)(H,22,23). The summed E-state index contributed by atoms with van der Waals surface area (Å²) in [6.45, 7) is 0.703. The molecule has 1 aliphatic rings. The van der Waals surface area contributed by atoms with Crippen LogP contribution in [-0.2, 0) is 22.6 Å². The number of hydrogen-bond acceptors (Lipinski definition) is 4. The second kappa shape index (κ2) is 7.98. The summed E-state index contributed by atoms with van der Waals surface area (Å²) in [5.74, 6) is 0.327. The number of carbonyl (C=O) groups excluding carboxylic acids is 2. The van der Waals surface area contributed by atoms with Crippen molar-refractivity contribution in [2.45, 2.75) is 25.5 Å². The number of rotatable bonds is 6. The fourth-order valence-corrected chi connectivity index (χ4v) is 2.76. The lowest BCUT2D eigenvalue weighted by Gasteiger charge is -2.11. The van der Waals surface area contributed by atoms with Crippen LogP contribution in [0.2, 0.25) is 5.02 Å². The van der Waals surface area contributed by atoms with Crippen LogP contribution >= 0.6 is 11.6 Å². The van der Waals surface area contributed by atoms with Crippen molar-refractivity contribution in [3.05, 3.63) is 58.9 Å². The molecule has 2 amide bonds. The molecule has 7 heteroatoms. The summed E-state index contributed by atoms with van der Waals surface area (Å²) >= 11 is 5.94. The zero-order valence-corrected chi connectivity index (χ0v) is 14.3. The molecule has 1 aliphatic heterocycles. The molecule has 6 nitrogen and oxygen atoms in total. The minimum atomic E-state index is -0.576. The van der Waals surface area contributed by atoms with Crippen LogP contribution in [-0.4, -0.2) is 29.4 Å². The Morgan fingerprint density at radius 1 is 1.20 bits per heavy atom. The Bertz CT molecular complexity index is 767. The van der Waals surface area contributed by atoms with Crippen LogP contribution in [0.4, 0.5) is 0 Å². The summed E-state index contributed by atoms with van der Waals surface area (Å²) in [4.78, 5) is 27.9. The average Bonchev–Trinajstić information content (AvgIpc) is 3.04. The molecule has 1 aromatic carbocycles. The van der Waals surface area contributed by atoms with Gasteiger partial charge in [-0.15, -0.1) is 0 Å². The van der Waals surface area contributed by atoms with Gasteiger partial charge in [-0.2, -0.15) is 0 Å². The number of pyridine rings is 1. The van der Waals surface area contributed by atoms with Crippen molar-refractivity contribution in [3.8, 4) is 5.75 Å². The van der Waals surface area contributed by atoms with E-state index in [1.807, 2.05) is 12.1 Å².